The van der Waals surface area contributed by atoms with Gasteiger partial charge >= 0.3 is 0 Å². The van der Waals surface area contributed by atoms with Gasteiger partial charge in [0, 0.05) is 23.6 Å². The van der Waals surface area contributed by atoms with E-state index in [2.05, 4.69) is 15.9 Å². The zero-order chi connectivity index (χ0) is 13.3. The normalized spacial score (nSPS) is 18.1. The summed E-state index contributed by atoms with van der Waals surface area (Å²) >= 11 is 3.33. The Morgan fingerprint density at radius 1 is 1.32 bits per heavy atom. The summed E-state index contributed by atoms with van der Waals surface area (Å²) in [6.07, 6.45) is 1.45. The first kappa shape index (κ1) is 16.9. The highest BCUT2D eigenvalue weighted by molar-refractivity contribution is 9.10. The molecule has 1 aromatic rings. The lowest BCUT2D eigenvalue weighted by Gasteiger charge is -2.29. The van der Waals surface area contributed by atoms with Crippen LogP contribution in [-0.4, -0.2) is 31.9 Å². The first-order valence-electron chi connectivity index (χ1n) is 5.93. The Hall–Kier alpha value is -0.140. The molecule has 0 bridgehead atoms. The number of aryl methyl sites for hydroxylation is 1. The highest BCUT2D eigenvalue weighted by Gasteiger charge is 2.29. The van der Waals surface area contributed by atoms with Crippen molar-refractivity contribution in [1.82, 2.24) is 4.31 Å². The van der Waals surface area contributed by atoms with Crippen molar-refractivity contribution in [3.8, 4) is 0 Å². The number of sulfonamides is 1. The van der Waals surface area contributed by atoms with E-state index >= 15 is 0 Å². The highest BCUT2D eigenvalue weighted by Crippen LogP contribution is 2.27. The smallest absolute Gasteiger partial charge is 0.244 e. The molecule has 0 unspecified atom stereocenters. The quantitative estimate of drug-likeness (QED) is 0.870. The summed E-state index contributed by atoms with van der Waals surface area (Å²) < 4.78 is 27.1. The number of hydrogen-bond donors (Lipinski definition) is 1. The van der Waals surface area contributed by atoms with E-state index in [1.165, 1.54) is 4.31 Å². The van der Waals surface area contributed by atoms with Gasteiger partial charge in [0.15, 0.2) is 0 Å². The molecule has 1 aliphatic heterocycles. The third kappa shape index (κ3) is 3.70. The van der Waals surface area contributed by atoms with Crippen LogP contribution < -0.4 is 5.73 Å². The summed E-state index contributed by atoms with van der Waals surface area (Å²) in [5, 5.41) is 0. The number of halogens is 2. The van der Waals surface area contributed by atoms with Crippen molar-refractivity contribution in [3.63, 3.8) is 0 Å². The van der Waals surface area contributed by atoms with Gasteiger partial charge in [0.25, 0.3) is 0 Å². The molecular formula is C12H18BrClN2O2S. The van der Waals surface area contributed by atoms with Gasteiger partial charge in [-0.05, 0) is 53.4 Å². The number of piperidine rings is 1. The minimum absolute atomic E-state index is 0. The molecule has 1 saturated heterocycles. The first-order chi connectivity index (χ1) is 8.41. The summed E-state index contributed by atoms with van der Waals surface area (Å²) in [5.74, 6) is 0. The molecule has 0 spiro atoms. The Morgan fingerprint density at radius 3 is 2.42 bits per heavy atom. The highest BCUT2D eigenvalue weighted by atomic mass is 79.9. The zero-order valence-corrected chi connectivity index (χ0v) is 13.9. The number of nitrogens with zero attached hydrogens (tertiary/aromatic N) is 1. The van der Waals surface area contributed by atoms with Crippen LogP contribution in [0.2, 0.25) is 0 Å². The standard InChI is InChI=1S/C12H17BrN2O2S.ClH/c1-9-2-3-12(11(13)8-9)18(16,17)15-6-4-10(14)5-7-15;/h2-3,8,10H,4-7,14H2,1H3;1H. The fourth-order valence-corrected chi connectivity index (χ4v) is 4.69. The van der Waals surface area contributed by atoms with Crippen LogP contribution in [0.1, 0.15) is 18.4 Å². The Morgan fingerprint density at radius 2 is 1.89 bits per heavy atom. The first-order valence-corrected chi connectivity index (χ1v) is 8.16. The minimum atomic E-state index is -3.40. The average Bonchev–Trinajstić information content (AvgIpc) is 2.29. The fourth-order valence-electron chi connectivity index (χ4n) is 2.07. The van der Waals surface area contributed by atoms with Crippen molar-refractivity contribution in [2.24, 2.45) is 5.73 Å². The molecule has 19 heavy (non-hydrogen) atoms. The lowest BCUT2D eigenvalue weighted by atomic mass is 10.1. The van der Waals surface area contributed by atoms with E-state index in [9.17, 15) is 8.42 Å². The SMILES string of the molecule is Cc1ccc(S(=O)(=O)N2CCC(N)CC2)c(Br)c1.Cl. The van der Waals surface area contributed by atoms with E-state index in [-0.39, 0.29) is 18.4 Å². The summed E-state index contributed by atoms with van der Waals surface area (Å²) in [6.45, 7) is 2.94. The molecule has 0 amide bonds. The molecule has 4 nitrogen and oxygen atoms in total. The van der Waals surface area contributed by atoms with E-state index < -0.39 is 10.0 Å². The fraction of sp³-hybridized carbons (Fsp3) is 0.500. The Kier molecular flexibility index (Phi) is 5.82. The predicted molar refractivity (Wildman–Crippen MR) is 82.1 cm³/mol. The van der Waals surface area contributed by atoms with Gasteiger partial charge in [-0.2, -0.15) is 4.31 Å². The van der Waals surface area contributed by atoms with Crippen LogP contribution in [0.25, 0.3) is 0 Å². The largest absolute Gasteiger partial charge is 0.328 e. The molecule has 0 aliphatic carbocycles. The Balaban J connectivity index is 0.00000180. The van der Waals surface area contributed by atoms with Crippen LogP contribution in [0.15, 0.2) is 27.6 Å². The van der Waals surface area contributed by atoms with Crippen molar-refractivity contribution >= 4 is 38.4 Å². The number of benzene rings is 1. The van der Waals surface area contributed by atoms with Gasteiger partial charge in [-0.3, -0.25) is 0 Å². The van der Waals surface area contributed by atoms with Crippen molar-refractivity contribution < 1.29 is 8.42 Å². The number of nitrogens with two attached hydrogens (primary N) is 1. The van der Waals surface area contributed by atoms with Crippen LogP contribution in [-0.2, 0) is 10.0 Å². The van der Waals surface area contributed by atoms with E-state index in [1.807, 2.05) is 19.1 Å². The second-order valence-electron chi connectivity index (χ2n) is 4.68. The number of hydrogen-bond acceptors (Lipinski definition) is 3. The van der Waals surface area contributed by atoms with Crippen molar-refractivity contribution in [2.45, 2.75) is 30.7 Å². The van der Waals surface area contributed by atoms with Gasteiger partial charge in [0.2, 0.25) is 10.0 Å². The molecular weight excluding hydrogens is 352 g/mol. The predicted octanol–water partition coefficient (Wildman–Crippen LogP) is 2.29. The van der Waals surface area contributed by atoms with Crippen molar-refractivity contribution in [3.05, 3.63) is 28.2 Å². The lowest BCUT2D eigenvalue weighted by molar-refractivity contribution is 0.320. The summed E-state index contributed by atoms with van der Waals surface area (Å²) in [7, 11) is -3.40. The third-order valence-corrected chi connectivity index (χ3v) is 6.08. The monoisotopic (exact) mass is 368 g/mol. The van der Waals surface area contributed by atoms with Crippen LogP contribution >= 0.6 is 28.3 Å². The van der Waals surface area contributed by atoms with Crippen LogP contribution in [0.3, 0.4) is 0 Å². The molecule has 2 N–H and O–H groups in total. The Labute approximate surface area is 128 Å². The maximum Gasteiger partial charge on any atom is 0.244 e. The lowest BCUT2D eigenvalue weighted by Crippen LogP contribution is -2.42. The van der Waals surface area contributed by atoms with E-state index in [4.69, 9.17) is 5.73 Å². The molecule has 0 saturated carbocycles. The summed E-state index contributed by atoms with van der Waals surface area (Å²) in [4.78, 5) is 0.337. The second kappa shape index (κ2) is 6.54. The van der Waals surface area contributed by atoms with Gasteiger partial charge < -0.3 is 5.73 Å². The number of rotatable bonds is 2. The Bertz CT molecular complexity index is 543. The molecule has 7 heteroatoms. The van der Waals surface area contributed by atoms with Gasteiger partial charge in [0.05, 0.1) is 4.90 Å². The van der Waals surface area contributed by atoms with Gasteiger partial charge in [-0.1, -0.05) is 6.07 Å². The van der Waals surface area contributed by atoms with Gasteiger partial charge in [0.1, 0.15) is 0 Å². The maximum atomic E-state index is 12.5. The minimum Gasteiger partial charge on any atom is -0.328 e. The molecule has 1 aromatic carbocycles. The van der Waals surface area contributed by atoms with Crippen LogP contribution in [0.5, 0.6) is 0 Å². The molecule has 108 valence electrons. The molecule has 0 atom stereocenters. The van der Waals surface area contributed by atoms with Crippen molar-refractivity contribution in [2.75, 3.05) is 13.1 Å². The topological polar surface area (TPSA) is 63.4 Å². The summed E-state index contributed by atoms with van der Waals surface area (Å²) in [6, 6.07) is 5.41. The van der Waals surface area contributed by atoms with Gasteiger partial charge in [-0.25, -0.2) is 8.42 Å². The van der Waals surface area contributed by atoms with Gasteiger partial charge in [-0.15, -0.1) is 12.4 Å². The summed E-state index contributed by atoms with van der Waals surface area (Å²) in [5.41, 5.74) is 6.83. The molecule has 0 aromatic heterocycles. The molecule has 2 rings (SSSR count). The molecule has 1 heterocycles. The average molecular weight is 370 g/mol. The molecule has 1 aliphatic rings. The van der Waals surface area contributed by atoms with E-state index in [1.54, 1.807) is 6.07 Å². The van der Waals surface area contributed by atoms with Crippen molar-refractivity contribution in [1.29, 1.82) is 0 Å². The zero-order valence-electron chi connectivity index (χ0n) is 10.7. The molecule has 0 radical (unpaired) electrons. The van der Waals surface area contributed by atoms with E-state index in [0.717, 1.165) is 18.4 Å². The third-order valence-electron chi connectivity index (χ3n) is 3.20. The van der Waals surface area contributed by atoms with E-state index in [0.29, 0.717) is 22.5 Å². The van der Waals surface area contributed by atoms with Crippen LogP contribution in [0, 0.1) is 6.92 Å². The molecule has 1 fully saturated rings. The second-order valence-corrected chi connectivity index (χ2v) is 7.44. The maximum absolute atomic E-state index is 12.5. The van der Waals surface area contributed by atoms with Crippen LogP contribution in [0.4, 0.5) is 0 Å².